The van der Waals surface area contributed by atoms with Crippen molar-refractivity contribution in [1.29, 1.82) is 0 Å². The molecular weight excluding hydrogens is 250 g/mol. The largest absolute Gasteiger partial charge is 0.349 e. The molecule has 0 aromatic heterocycles. The number of nitrogens with zero attached hydrogens (tertiary/aromatic N) is 2. The van der Waals surface area contributed by atoms with Gasteiger partial charge in [-0.2, -0.15) is 0 Å². The van der Waals surface area contributed by atoms with Crippen LogP contribution in [0.3, 0.4) is 0 Å². The van der Waals surface area contributed by atoms with E-state index in [0.717, 1.165) is 25.6 Å². The number of nitrogens with two attached hydrogens (primary N) is 1. The zero-order chi connectivity index (χ0) is 12.4. The second-order valence-electron chi connectivity index (χ2n) is 5.82. The van der Waals surface area contributed by atoms with Gasteiger partial charge in [-0.25, -0.2) is 0 Å². The molecule has 106 valence electrons. The van der Waals surface area contributed by atoms with E-state index in [-0.39, 0.29) is 18.3 Å². The molecule has 0 radical (unpaired) electrons. The lowest BCUT2D eigenvalue weighted by Crippen LogP contribution is -2.38. The molecule has 1 saturated heterocycles. The minimum atomic E-state index is 0. The first-order chi connectivity index (χ1) is 8.08. The summed E-state index contributed by atoms with van der Waals surface area (Å²) in [5.74, 6) is 1.69. The maximum Gasteiger partial charge on any atom is 0.223 e. The second kappa shape index (κ2) is 6.73. The van der Waals surface area contributed by atoms with E-state index < -0.39 is 0 Å². The van der Waals surface area contributed by atoms with Crippen molar-refractivity contribution in [2.45, 2.75) is 31.7 Å². The SMILES string of the molecule is CN(C)C(=O)CCN1CC2CCCC(N)C2C1.Cl. The quantitative estimate of drug-likeness (QED) is 0.834. The first-order valence-corrected chi connectivity index (χ1v) is 6.76. The molecule has 1 saturated carbocycles. The molecule has 1 aliphatic carbocycles. The van der Waals surface area contributed by atoms with Crippen LogP contribution in [0.15, 0.2) is 0 Å². The number of hydrogen-bond acceptors (Lipinski definition) is 3. The van der Waals surface area contributed by atoms with Gasteiger partial charge in [0.1, 0.15) is 0 Å². The van der Waals surface area contributed by atoms with E-state index in [4.69, 9.17) is 5.73 Å². The molecular formula is C13H26ClN3O. The van der Waals surface area contributed by atoms with Crippen LogP contribution in [0.4, 0.5) is 0 Å². The van der Waals surface area contributed by atoms with Crippen molar-refractivity contribution in [3.8, 4) is 0 Å². The van der Waals surface area contributed by atoms with Gasteiger partial charge in [-0.15, -0.1) is 12.4 Å². The Bertz CT molecular complexity index is 285. The molecule has 2 fully saturated rings. The van der Waals surface area contributed by atoms with Gasteiger partial charge in [-0.05, 0) is 24.7 Å². The molecule has 5 heteroatoms. The van der Waals surface area contributed by atoms with Crippen LogP contribution in [0.1, 0.15) is 25.7 Å². The molecule has 18 heavy (non-hydrogen) atoms. The van der Waals surface area contributed by atoms with Crippen molar-refractivity contribution in [2.75, 3.05) is 33.7 Å². The number of carbonyl (C=O) groups is 1. The normalized spacial score (nSPS) is 31.6. The number of likely N-dealkylation sites (tertiary alicyclic amines) is 1. The fraction of sp³-hybridized carbons (Fsp3) is 0.923. The highest BCUT2D eigenvalue weighted by Crippen LogP contribution is 2.35. The maximum absolute atomic E-state index is 11.6. The van der Waals surface area contributed by atoms with Crippen LogP contribution in [0.5, 0.6) is 0 Å². The second-order valence-corrected chi connectivity index (χ2v) is 5.82. The smallest absolute Gasteiger partial charge is 0.223 e. The summed E-state index contributed by atoms with van der Waals surface area (Å²) >= 11 is 0. The molecule has 1 aliphatic heterocycles. The highest BCUT2D eigenvalue weighted by molar-refractivity contribution is 5.85. The van der Waals surface area contributed by atoms with Gasteiger partial charge in [0.15, 0.2) is 0 Å². The summed E-state index contributed by atoms with van der Waals surface area (Å²) in [4.78, 5) is 15.7. The average molecular weight is 276 g/mol. The van der Waals surface area contributed by atoms with E-state index in [1.807, 2.05) is 14.1 Å². The molecule has 1 amide bonds. The standard InChI is InChI=1S/C13H25N3O.ClH/c1-15(2)13(17)6-7-16-8-10-4-3-5-12(14)11(10)9-16;/h10-12H,3-9,14H2,1-2H3;1H. The van der Waals surface area contributed by atoms with E-state index in [2.05, 4.69) is 4.90 Å². The average Bonchev–Trinajstić information content (AvgIpc) is 2.70. The first kappa shape index (κ1) is 15.7. The molecule has 0 bridgehead atoms. The van der Waals surface area contributed by atoms with Crippen LogP contribution in [-0.4, -0.2) is 55.5 Å². The van der Waals surface area contributed by atoms with E-state index in [0.29, 0.717) is 18.4 Å². The Hall–Kier alpha value is -0.320. The molecule has 3 atom stereocenters. The van der Waals surface area contributed by atoms with Gasteiger partial charge < -0.3 is 15.5 Å². The van der Waals surface area contributed by atoms with Crippen LogP contribution in [0, 0.1) is 11.8 Å². The number of fused-ring (bicyclic) bond motifs is 1. The summed E-state index contributed by atoms with van der Waals surface area (Å²) < 4.78 is 0. The van der Waals surface area contributed by atoms with Gasteiger partial charge in [0.05, 0.1) is 0 Å². The summed E-state index contributed by atoms with van der Waals surface area (Å²) in [5, 5.41) is 0. The Morgan fingerprint density at radius 1 is 1.33 bits per heavy atom. The molecule has 3 unspecified atom stereocenters. The summed E-state index contributed by atoms with van der Waals surface area (Å²) in [5.41, 5.74) is 6.18. The maximum atomic E-state index is 11.6. The van der Waals surface area contributed by atoms with Crippen molar-refractivity contribution < 1.29 is 4.79 Å². The number of carbonyl (C=O) groups excluding carboxylic acids is 1. The molecule has 2 rings (SSSR count). The van der Waals surface area contributed by atoms with Gasteiger partial charge in [0, 0.05) is 46.2 Å². The fourth-order valence-electron chi connectivity index (χ4n) is 3.27. The predicted octanol–water partition coefficient (Wildman–Crippen LogP) is 0.946. The minimum Gasteiger partial charge on any atom is -0.349 e. The molecule has 0 spiro atoms. The van der Waals surface area contributed by atoms with E-state index in [1.165, 1.54) is 19.3 Å². The molecule has 2 N–H and O–H groups in total. The van der Waals surface area contributed by atoms with Gasteiger partial charge in [0.2, 0.25) is 5.91 Å². The van der Waals surface area contributed by atoms with Crippen LogP contribution >= 0.6 is 12.4 Å². The van der Waals surface area contributed by atoms with Crippen LogP contribution in [0.2, 0.25) is 0 Å². The van der Waals surface area contributed by atoms with Gasteiger partial charge in [0.25, 0.3) is 0 Å². The lowest BCUT2D eigenvalue weighted by atomic mass is 9.78. The van der Waals surface area contributed by atoms with Crippen LogP contribution in [0.25, 0.3) is 0 Å². The monoisotopic (exact) mass is 275 g/mol. The van der Waals surface area contributed by atoms with Crippen LogP contribution < -0.4 is 5.73 Å². The molecule has 4 nitrogen and oxygen atoms in total. The van der Waals surface area contributed by atoms with Gasteiger partial charge >= 0.3 is 0 Å². The number of halogens is 1. The Balaban J connectivity index is 0.00000162. The van der Waals surface area contributed by atoms with Crippen molar-refractivity contribution in [1.82, 2.24) is 9.80 Å². The Labute approximate surface area is 116 Å². The van der Waals surface area contributed by atoms with Gasteiger partial charge in [-0.1, -0.05) is 6.42 Å². The lowest BCUT2D eigenvalue weighted by Gasteiger charge is -2.29. The minimum absolute atomic E-state index is 0. The molecule has 0 aromatic carbocycles. The van der Waals surface area contributed by atoms with Crippen LogP contribution in [-0.2, 0) is 4.79 Å². The van der Waals surface area contributed by atoms with Crippen molar-refractivity contribution >= 4 is 18.3 Å². The Morgan fingerprint density at radius 2 is 2.06 bits per heavy atom. The Morgan fingerprint density at radius 3 is 2.67 bits per heavy atom. The lowest BCUT2D eigenvalue weighted by molar-refractivity contribution is -0.129. The molecule has 1 heterocycles. The zero-order valence-corrected chi connectivity index (χ0v) is 12.3. The third-order valence-corrected chi connectivity index (χ3v) is 4.37. The topological polar surface area (TPSA) is 49.6 Å². The summed E-state index contributed by atoms with van der Waals surface area (Å²) in [6.45, 7) is 3.16. The zero-order valence-electron chi connectivity index (χ0n) is 11.5. The summed E-state index contributed by atoms with van der Waals surface area (Å²) in [7, 11) is 3.64. The highest BCUT2D eigenvalue weighted by Gasteiger charge is 2.38. The number of rotatable bonds is 3. The molecule has 2 aliphatic rings. The van der Waals surface area contributed by atoms with E-state index >= 15 is 0 Å². The van der Waals surface area contributed by atoms with Crippen molar-refractivity contribution in [3.05, 3.63) is 0 Å². The highest BCUT2D eigenvalue weighted by atomic mass is 35.5. The summed E-state index contributed by atoms with van der Waals surface area (Å²) in [6.07, 6.45) is 4.44. The van der Waals surface area contributed by atoms with Crippen molar-refractivity contribution in [3.63, 3.8) is 0 Å². The predicted molar refractivity (Wildman–Crippen MR) is 75.8 cm³/mol. The van der Waals surface area contributed by atoms with E-state index in [1.54, 1.807) is 4.90 Å². The number of hydrogen-bond donors (Lipinski definition) is 1. The Kier molecular flexibility index (Phi) is 5.89. The number of amides is 1. The van der Waals surface area contributed by atoms with E-state index in [9.17, 15) is 4.79 Å². The third-order valence-electron chi connectivity index (χ3n) is 4.37. The summed E-state index contributed by atoms with van der Waals surface area (Å²) in [6, 6.07) is 0.392. The molecule has 0 aromatic rings. The van der Waals surface area contributed by atoms with Crippen molar-refractivity contribution in [2.24, 2.45) is 17.6 Å². The third kappa shape index (κ3) is 3.59. The first-order valence-electron chi connectivity index (χ1n) is 6.76. The van der Waals surface area contributed by atoms with Gasteiger partial charge in [-0.3, -0.25) is 4.79 Å². The fourth-order valence-corrected chi connectivity index (χ4v) is 3.27.